The minimum atomic E-state index is 0.0203. The van der Waals surface area contributed by atoms with E-state index in [1.165, 1.54) is 0 Å². The Kier molecular flexibility index (Phi) is 2.88. The van der Waals surface area contributed by atoms with Crippen LogP contribution in [0.5, 0.6) is 0 Å². The summed E-state index contributed by atoms with van der Waals surface area (Å²) >= 11 is 0. The lowest BCUT2D eigenvalue weighted by atomic mass is 10.2. The van der Waals surface area contributed by atoms with Gasteiger partial charge in [0.2, 0.25) is 0 Å². The van der Waals surface area contributed by atoms with E-state index in [1.54, 1.807) is 4.57 Å². The molecule has 0 amide bonds. The highest BCUT2D eigenvalue weighted by Crippen LogP contribution is 2.18. The van der Waals surface area contributed by atoms with Gasteiger partial charge in [0.15, 0.2) is 0 Å². The second-order valence-electron chi connectivity index (χ2n) is 4.37. The molecule has 0 spiro atoms. The quantitative estimate of drug-likeness (QED) is 0.700. The first-order valence-electron chi connectivity index (χ1n) is 6.36. The molecular formula is C16H14N2O. The van der Waals surface area contributed by atoms with E-state index < -0.39 is 0 Å². The van der Waals surface area contributed by atoms with Gasteiger partial charge in [-0.2, -0.15) is 0 Å². The van der Waals surface area contributed by atoms with Gasteiger partial charge in [-0.25, -0.2) is 4.98 Å². The van der Waals surface area contributed by atoms with Crippen LogP contribution in [0.15, 0.2) is 59.4 Å². The third-order valence-electron chi connectivity index (χ3n) is 3.21. The van der Waals surface area contributed by atoms with Crippen LogP contribution in [0.3, 0.4) is 0 Å². The van der Waals surface area contributed by atoms with E-state index in [4.69, 9.17) is 0 Å². The van der Waals surface area contributed by atoms with Crippen LogP contribution < -0.4 is 5.56 Å². The zero-order valence-corrected chi connectivity index (χ0v) is 10.7. The number of rotatable bonds is 2. The molecule has 0 unspecified atom stereocenters. The Hall–Kier alpha value is -2.42. The Morgan fingerprint density at radius 2 is 1.68 bits per heavy atom. The summed E-state index contributed by atoms with van der Waals surface area (Å²) in [7, 11) is 0. The molecule has 3 nitrogen and oxygen atoms in total. The number of hydrogen-bond acceptors (Lipinski definition) is 2. The number of aromatic nitrogens is 2. The highest BCUT2D eigenvalue weighted by Gasteiger charge is 2.10. The molecule has 3 aromatic rings. The monoisotopic (exact) mass is 250 g/mol. The van der Waals surface area contributed by atoms with Crippen LogP contribution in [-0.4, -0.2) is 9.55 Å². The molecule has 0 radical (unpaired) electrons. The lowest BCUT2D eigenvalue weighted by molar-refractivity contribution is 0.728. The van der Waals surface area contributed by atoms with Crippen molar-refractivity contribution in [3.8, 4) is 11.4 Å². The topological polar surface area (TPSA) is 34.9 Å². The Labute approximate surface area is 111 Å². The molecule has 2 aromatic carbocycles. The molecule has 0 aliphatic heterocycles. The summed E-state index contributed by atoms with van der Waals surface area (Å²) in [4.78, 5) is 17.1. The smallest absolute Gasteiger partial charge is 0.261 e. The third-order valence-corrected chi connectivity index (χ3v) is 3.21. The molecule has 1 aromatic heterocycles. The van der Waals surface area contributed by atoms with Crippen molar-refractivity contribution in [3.63, 3.8) is 0 Å². The second-order valence-corrected chi connectivity index (χ2v) is 4.37. The molecule has 3 heteroatoms. The molecule has 0 atom stereocenters. The van der Waals surface area contributed by atoms with Gasteiger partial charge in [-0.1, -0.05) is 42.5 Å². The van der Waals surface area contributed by atoms with Gasteiger partial charge in [-0.3, -0.25) is 9.36 Å². The zero-order valence-electron chi connectivity index (χ0n) is 10.7. The van der Waals surface area contributed by atoms with Crippen molar-refractivity contribution < 1.29 is 0 Å². The van der Waals surface area contributed by atoms with E-state index in [2.05, 4.69) is 4.98 Å². The summed E-state index contributed by atoms with van der Waals surface area (Å²) in [5.41, 5.74) is 1.73. The fourth-order valence-corrected chi connectivity index (χ4v) is 2.27. The minimum Gasteiger partial charge on any atom is -0.292 e. The van der Waals surface area contributed by atoms with Crippen LogP contribution in [0, 0.1) is 0 Å². The number of hydrogen-bond donors (Lipinski definition) is 0. The summed E-state index contributed by atoms with van der Waals surface area (Å²) in [5.74, 6) is 0.729. The number of para-hydroxylation sites is 1. The van der Waals surface area contributed by atoms with E-state index in [0.29, 0.717) is 11.9 Å². The molecule has 0 fully saturated rings. The largest absolute Gasteiger partial charge is 0.292 e. The molecule has 0 N–H and O–H groups in total. The predicted molar refractivity (Wildman–Crippen MR) is 77.1 cm³/mol. The van der Waals surface area contributed by atoms with Crippen molar-refractivity contribution in [1.82, 2.24) is 9.55 Å². The first-order chi connectivity index (χ1) is 9.31. The van der Waals surface area contributed by atoms with Crippen LogP contribution in [0.2, 0.25) is 0 Å². The van der Waals surface area contributed by atoms with Crippen molar-refractivity contribution >= 4 is 10.9 Å². The normalized spacial score (nSPS) is 10.8. The van der Waals surface area contributed by atoms with Gasteiger partial charge in [0.1, 0.15) is 5.82 Å². The highest BCUT2D eigenvalue weighted by atomic mass is 16.1. The first-order valence-corrected chi connectivity index (χ1v) is 6.36. The molecule has 3 rings (SSSR count). The SMILES string of the molecule is CCn1c(-c2ccccc2)nc2ccccc2c1=O. The van der Waals surface area contributed by atoms with E-state index in [0.717, 1.165) is 16.9 Å². The molecular weight excluding hydrogens is 236 g/mol. The van der Waals surface area contributed by atoms with Crippen LogP contribution in [-0.2, 0) is 6.54 Å². The minimum absolute atomic E-state index is 0.0203. The van der Waals surface area contributed by atoms with Gasteiger partial charge in [0.25, 0.3) is 5.56 Å². The molecule has 0 bridgehead atoms. The standard InChI is InChI=1S/C16H14N2O/c1-2-18-15(12-8-4-3-5-9-12)17-14-11-7-6-10-13(14)16(18)19/h3-11H,2H2,1H3. The van der Waals surface area contributed by atoms with Crippen LogP contribution in [0.1, 0.15) is 6.92 Å². The van der Waals surface area contributed by atoms with Crippen molar-refractivity contribution in [1.29, 1.82) is 0 Å². The maximum Gasteiger partial charge on any atom is 0.261 e. The Balaban J connectivity index is 2.39. The second kappa shape index (κ2) is 4.69. The zero-order chi connectivity index (χ0) is 13.2. The maximum absolute atomic E-state index is 12.5. The summed E-state index contributed by atoms with van der Waals surface area (Å²) in [5, 5.41) is 0.670. The van der Waals surface area contributed by atoms with Crippen LogP contribution >= 0.6 is 0 Å². The molecule has 0 aliphatic rings. The van der Waals surface area contributed by atoms with E-state index in [-0.39, 0.29) is 5.56 Å². The lowest BCUT2D eigenvalue weighted by Gasteiger charge is -2.11. The third kappa shape index (κ3) is 1.93. The molecule has 19 heavy (non-hydrogen) atoms. The van der Waals surface area contributed by atoms with Crippen molar-refractivity contribution in [3.05, 3.63) is 65.0 Å². The first kappa shape index (κ1) is 11.7. The summed E-state index contributed by atoms with van der Waals surface area (Å²) in [6.45, 7) is 2.57. The Bertz CT molecular complexity index is 776. The van der Waals surface area contributed by atoms with Crippen LogP contribution in [0.25, 0.3) is 22.3 Å². The predicted octanol–water partition coefficient (Wildman–Crippen LogP) is 3.08. The molecule has 0 saturated carbocycles. The Morgan fingerprint density at radius 1 is 1.00 bits per heavy atom. The fraction of sp³-hybridized carbons (Fsp3) is 0.125. The van der Waals surface area contributed by atoms with Gasteiger partial charge < -0.3 is 0 Å². The van der Waals surface area contributed by atoms with Gasteiger partial charge in [-0.15, -0.1) is 0 Å². The Morgan fingerprint density at radius 3 is 2.42 bits per heavy atom. The molecule has 0 aliphatic carbocycles. The van der Waals surface area contributed by atoms with E-state index in [9.17, 15) is 4.79 Å². The molecule has 0 saturated heterocycles. The van der Waals surface area contributed by atoms with E-state index >= 15 is 0 Å². The number of nitrogens with zero attached hydrogens (tertiary/aromatic N) is 2. The fourth-order valence-electron chi connectivity index (χ4n) is 2.27. The average molecular weight is 250 g/mol. The lowest BCUT2D eigenvalue weighted by Crippen LogP contribution is -2.22. The van der Waals surface area contributed by atoms with Crippen LogP contribution in [0.4, 0.5) is 0 Å². The number of fused-ring (bicyclic) bond motifs is 1. The van der Waals surface area contributed by atoms with Crippen molar-refractivity contribution in [2.45, 2.75) is 13.5 Å². The highest BCUT2D eigenvalue weighted by molar-refractivity contribution is 5.79. The van der Waals surface area contributed by atoms with Gasteiger partial charge >= 0.3 is 0 Å². The van der Waals surface area contributed by atoms with Crippen molar-refractivity contribution in [2.24, 2.45) is 0 Å². The maximum atomic E-state index is 12.5. The van der Waals surface area contributed by atoms with Gasteiger partial charge in [0.05, 0.1) is 10.9 Å². The molecule has 1 heterocycles. The van der Waals surface area contributed by atoms with Gasteiger partial charge in [-0.05, 0) is 19.1 Å². The number of benzene rings is 2. The molecule has 94 valence electrons. The summed E-state index contributed by atoms with van der Waals surface area (Å²) < 4.78 is 1.72. The summed E-state index contributed by atoms with van der Waals surface area (Å²) in [6.07, 6.45) is 0. The van der Waals surface area contributed by atoms with E-state index in [1.807, 2.05) is 61.5 Å². The van der Waals surface area contributed by atoms with Crippen molar-refractivity contribution in [2.75, 3.05) is 0 Å². The summed E-state index contributed by atoms with van der Waals surface area (Å²) in [6, 6.07) is 17.3. The average Bonchev–Trinajstić information content (AvgIpc) is 2.48. The van der Waals surface area contributed by atoms with Gasteiger partial charge in [0, 0.05) is 12.1 Å².